The van der Waals surface area contributed by atoms with Crippen molar-refractivity contribution >= 4 is 39.0 Å². The van der Waals surface area contributed by atoms with E-state index < -0.39 is 9.84 Å². The number of anilines is 1. The second kappa shape index (κ2) is 7.44. The zero-order valence-electron chi connectivity index (χ0n) is 12.6. The van der Waals surface area contributed by atoms with E-state index in [0.29, 0.717) is 10.6 Å². The largest absolute Gasteiger partial charge is 0.399 e. The van der Waals surface area contributed by atoms with Crippen LogP contribution in [0.2, 0.25) is 0 Å². The summed E-state index contributed by atoms with van der Waals surface area (Å²) in [6, 6.07) is 11.9. The molecule has 0 bridgehead atoms. The van der Waals surface area contributed by atoms with E-state index in [1.165, 1.54) is 0 Å². The first-order chi connectivity index (χ1) is 10.5. The molecule has 2 aromatic rings. The lowest BCUT2D eigenvalue weighted by Crippen LogP contribution is -2.03. The van der Waals surface area contributed by atoms with Gasteiger partial charge in [-0.15, -0.1) is 23.5 Å². The predicted octanol–water partition coefficient (Wildman–Crippen LogP) is 4.33. The molecule has 3 nitrogen and oxygen atoms in total. The van der Waals surface area contributed by atoms with E-state index >= 15 is 0 Å². The number of thioether (sulfide) groups is 2. The fourth-order valence-electron chi connectivity index (χ4n) is 1.98. The van der Waals surface area contributed by atoms with Crippen LogP contribution in [0, 0.1) is 0 Å². The number of rotatable bonds is 6. The molecule has 0 amide bonds. The third-order valence-corrected chi connectivity index (χ3v) is 6.44. The van der Waals surface area contributed by atoms with E-state index in [-0.39, 0.29) is 4.90 Å². The summed E-state index contributed by atoms with van der Waals surface area (Å²) >= 11 is 3.29. The molecular weight excluding hydrogens is 334 g/mol. The van der Waals surface area contributed by atoms with Crippen LogP contribution in [-0.4, -0.2) is 19.9 Å². The van der Waals surface area contributed by atoms with Gasteiger partial charge in [-0.25, -0.2) is 8.42 Å². The first kappa shape index (κ1) is 17.2. The maximum Gasteiger partial charge on any atom is 0.206 e. The fourth-order valence-corrected chi connectivity index (χ4v) is 5.05. The van der Waals surface area contributed by atoms with Crippen LogP contribution in [0.4, 0.5) is 5.69 Å². The maximum atomic E-state index is 12.8. The summed E-state index contributed by atoms with van der Waals surface area (Å²) in [5.74, 6) is 1.81. The highest BCUT2D eigenvalue weighted by Gasteiger charge is 2.19. The van der Waals surface area contributed by atoms with E-state index in [2.05, 4.69) is 13.8 Å². The first-order valence-corrected chi connectivity index (χ1v) is 10.4. The van der Waals surface area contributed by atoms with Crippen LogP contribution >= 0.6 is 23.5 Å². The van der Waals surface area contributed by atoms with Crippen LogP contribution < -0.4 is 5.73 Å². The zero-order chi connectivity index (χ0) is 16.2. The summed E-state index contributed by atoms with van der Waals surface area (Å²) < 4.78 is 25.6. The van der Waals surface area contributed by atoms with Crippen LogP contribution in [0.15, 0.2) is 62.0 Å². The summed E-state index contributed by atoms with van der Waals surface area (Å²) in [6.07, 6.45) is 0. The van der Waals surface area contributed by atoms with Gasteiger partial charge in [-0.1, -0.05) is 13.8 Å². The SMILES string of the molecule is CCSc1cc(SCC)cc(S(=O)(=O)c2ccc(N)cc2)c1. The van der Waals surface area contributed by atoms with Gasteiger partial charge < -0.3 is 5.73 Å². The third-order valence-electron chi connectivity index (χ3n) is 2.98. The Balaban J connectivity index is 2.51. The van der Waals surface area contributed by atoms with Crippen molar-refractivity contribution in [2.24, 2.45) is 0 Å². The molecule has 0 fully saturated rings. The summed E-state index contributed by atoms with van der Waals surface area (Å²) in [5.41, 5.74) is 6.19. The zero-order valence-corrected chi connectivity index (χ0v) is 15.0. The molecule has 0 aliphatic heterocycles. The Labute approximate surface area is 140 Å². The Morgan fingerprint density at radius 1 is 0.864 bits per heavy atom. The summed E-state index contributed by atoms with van der Waals surface area (Å²) in [5, 5.41) is 0. The summed E-state index contributed by atoms with van der Waals surface area (Å²) in [4.78, 5) is 2.57. The summed E-state index contributed by atoms with van der Waals surface area (Å²) in [6.45, 7) is 4.11. The predicted molar refractivity (Wildman–Crippen MR) is 95.5 cm³/mol. The van der Waals surface area contributed by atoms with Crippen molar-refractivity contribution in [3.63, 3.8) is 0 Å². The van der Waals surface area contributed by atoms with Crippen molar-refractivity contribution in [2.45, 2.75) is 33.4 Å². The van der Waals surface area contributed by atoms with Crippen LogP contribution in [0.5, 0.6) is 0 Å². The lowest BCUT2D eigenvalue weighted by atomic mass is 10.3. The van der Waals surface area contributed by atoms with Crippen LogP contribution in [-0.2, 0) is 9.84 Å². The van der Waals surface area contributed by atoms with E-state index in [9.17, 15) is 8.42 Å². The molecule has 0 saturated carbocycles. The standard InChI is InChI=1S/C16H19NO2S3/c1-3-20-13-9-14(21-4-2)11-16(10-13)22(18,19)15-7-5-12(17)6-8-15/h5-11H,3-4,17H2,1-2H3. The number of sulfone groups is 1. The molecule has 2 aromatic carbocycles. The Bertz CT molecular complexity index is 716. The van der Waals surface area contributed by atoms with Gasteiger partial charge in [0.1, 0.15) is 0 Å². The Morgan fingerprint density at radius 3 is 1.82 bits per heavy atom. The molecule has 6 heteroatoms. The maximum absolute atomic E-state index is 12.8. The molecule has 0 aliphatic rings. The van der Waals surface area contributed by atoms with Crippen LogP contribution in [0.1, 0.15) is 13.8 Å². The monoisotopic (exact) mass is 353 g/mol. The number of benzene rings is 2. The highest BCUT2D eigenvalue weighted by molar-refractivity contribution is 8.00. The minimum Gasteiger partial charge on any atom is -0.399 e. The number of nitrogens with two attached hydrogens (primary N) is 1. The minimum atomic E-state index is -3.52. The molecule has 0 heterocycles. The molecule has 2 rings (SSSR count). The van der Waals surface area contributed by atoms with Gasteiger partial charge >= 0.3 is 0 Å². The molecule has 118 valence electrons. The Morgan fingerprint density at radius 2 is 1.36 bits per heavy atom. The average molecular weight is 354 g/mol. The number of hydrogen-bond donors (Lipinski definition) is 1. The molecule has 0 atom stereocenters. The highest BCUT2D eigenvalue weighted by atomic mass is 32.2. The lowest BCUT2D eigenvalue weighted by Gasteiger charge is -2.10. The van der Waals surface area contributed by atoms with E-state index in [0.717, 1.165) is 21.3 Å². The van der Waals surface area contributed by atoms with Gasteiger partial charge in [-0.3, -0.25) is 0 Å². The molecule has 22 heavy (non-hydrogen) atoms. The quantitative estimate of drug-likeness (QED) is 0.619. The molecule has 2 N–H and O–H groups in total. The topological polar surface area (TPSA) is 60.2 Å². The molecular formula is C16H19NO2S3. The van der Waals surface area contributed by atoms with Crippen LogP contribution in [0.3, 0.4) is 0 Å². The Hall–Kier alpha value is -1.11. The van der Waals surface area contributed by atoms with Crippen molar-refractivity contribution in [1.82, 2.24) is 0 Å². The van der Waals surface area contributed by atoms with Gasteiger partial charge in [0.15, 0.2) is 0 Å². The molecule has 0 radical (unpaired) electrons. The van der Waals surface area contributed by atoms with E-state index in [1.54, 1.807) is 59.9 Å². The second-order valence-electron chi connectivity index (χ2n) is 4.58. The second-order valence-corrected chi connectivity index (χ2v) is 9.20. The van der Waals surface area contributed by atoms with Gasteiger partial charge in [-0.2, -0.15) is 0 Å². The van der Waals surface area contributed by atoms with Crippen molar-refractivity contribution in [1.29, 1.82) is 0 Å². The van der Waals surface area contributed by atoms with Gasteiger partial charge in [-0.05, 0) is 54.0 Å². The highest BCUT2D eigenvalue weighted by Crippen LogP contribution is 2.31. The molecule has 0 aromatic heterocycles. The van der Waals surface area contributed by atoms with Gasteiger partial charge in [0.25, 0.3) is 0 Å². The van der Waals surface area contributed by atoms with E-state index in [1.807, 2.05) is 6.07 Å². The molecule has 0 unspecified atom stereocenters. The van der Waals surface area contributed by atoms with Crippen molar-refractivity contribution < 1.29 is 8.42 Å². The van der Waals surface area contributed by atoms with Crippen molar-refractivity contribution in [3.05, 3.63) is 42.5 Å². The Kier molecular flexibility index (Phi) is 5.83. The van der Waals surface area contributed by atoms with Crippen molar-refractivity contribution in [2.75, 3.05) is 17.2 Å². The summed E-state index contributed by atoms with van der Waals surface area (Å²) in [7, 11) is -3.52. The van der Waals surface area contributed by atoms with Gasteiger partial charge in [0.05, 0.1) is 9.79 Å². The lowest BCUT2D eigenvalue weighted by molar-refractivity contribution is 0.595. The van der Waals surface area contributed by atoms with Gasteiger partial charge in [0, 0.05) is 15.5 Å². The first-order valence-electron chi connectivity index (χ1n) is 6.98. The normalized spacial score (nSPS) is 11.5. The smallest absolute Gasteiger partial charge is 0.206 e. The van der Waals surface area contributed by atoms with E-state index in [4.69, 9.17) is 5.73 Å². The van der Waals surface area contributed by atoms with Crippen LogP contribution in [0.25, 0.3) is 0 Å². The number of nitrogen functional groups attached to an aromatic ring is 1. The molecule has 0 spiro atoms. The third kappa shape index (κ3) is 4.00. The fraction of sp³-hybridized carbons (Fsp3) is 0.250. The molecule has 0 aliphatic carbocycles. The minimum absolute atomic E-state index is 0.271. The van der Waals surface area contributed by atoms with Crippen molar-refractivity contribution in [3.8, 4) is 0 Å². The van der Waals surface area contributed by atoms with Gasteiger partial charge in [0.2, 0.25) is 9.84 Å². The molecule has 0 saturated heterocycles. The number of hydrogen-bond acceptors (Lipinski definition) is 5. The average Bonchev–Trinajstić information content (AvgIpc) is 2.48.